The SMILES string of the molecule is CC=CC(=O)Nc1ccc2oc(C(C)C)nc2c1. The zero-order valence-corrected chi connectivity index (χ0v) is 10.7. The quantitative estimate of drug-likeness (QED) is 0.841. The second kappa shape index (κ2) is 5.04. The maximum Gasteiger partial charge on any atom is 0.248 e. The van der Waals surface area contributed by atoms with Gasteiger partial charge in [0.2, 0.25) is 5.91 Å². The van der Waals surface area contributed by atoms with E-state index >= 15 is 0 Å². The molecule has 94 valence electrons. The Balaban J connectivity index is 2.29. The fraction of sp³-hybridized carbons (Fsp3) is 0.286. The predicted molar refractivity (Wildman–Crippen MR) is 71.5 cm³/mol. The van der Waals surface area contributed by atoms with E-state index < -0.39 is 0 Å². The lowest BCUT2D eigenvalue weighted by Crippen LogP contribution is -2.07. The summed E-state index contributed by atoms with van der Waals surface area (Å²) in [6.07, 6.45) is 3.17. The molecule has 1 amide bonds. The van der Waals surface area contributed by atoms with Crippen LogP contribution in [0.25, 0.3) is 11.1 Å². The third kappa shape index (κ3) is 2.59. The summed E-state index contributed by atoms with van der Waals surface area (Å²) in [5.41, 5.74) is 2.22. The lowest BCUT2D eigenvalue weighted by Gasteiger charge is -2.00. The van der Waals surface area contributed by atoms with E-state index in [1.165, 1.54) is 6.08 Å². The Morgan fingerprint density at radius 1 is 1.44 bits per heavy atom. The number of aromatic nitrogens is 1. The van der Waals surface area contributed by atoms with Gasteiger partial charge in [-0.3, -0.25) is 4.79 Å². The molecule has 1 aromatic carbocycles. The summed E-state index contributed by atoms with van der Waals surface area (Å²) in [6, 6.07) is 5.44. The molecule has 1 aromatic heterocycles. The number of carbonyl (C=O) groups excluding carboxylic acids is 1. The summed E-state index contributed by atoms with van der Waals surface area (Å²) in [4.78, 5) is 15.8. The van der Waals surface area contributed by atoms with E-state index in [-0.39, 0.29) is 11.8 Å². The Labute approximate surface area is 106 Å². The molecule has 1 N–H and O–H groups in total. The number of hydrogen-bond acceptors (Lipinski definition) is 3. The molecule has 0 unspecified atom stereocenters. The number of hydrogen-bond donors (Lipinski definition) is 1. The highest BCUT2D eigenvalue weighted by Crippen LogP contribution is 2.23. The Kier molecular flexibility index (Phi) is 3.46. The van der Waals surface area contributed by atoms with E-state index in [2.05, 4.69) is 10.3 Å². The Hall–Kier alpha value is -2.10. The minimum atomic E-state index is -0.149. The molecule has 1 heterocycles. The molecule has 0 aliphatic heterocycles. The molecule has 0 spiro atoms. The first-order chi connectivity index (χ1) is 8.60. The number of allylic oxidation sites excluding steroid dienone is 1. The van der Waals surface area contributed by atoms with Crippen LogP contribution < -0.4 is 5.32 Å². The number of amides is 1. The van der Waals surface area contributed by atoms with Gasteiger partial charge >= 0.3 is 0 Å². The number of carbonyl (C=O) groups is 1. The summed E-state index contributed by atoms with van der Waals surface area (Å²) in [5.74, 6) is 0.810. The van der Waals surface area contributed by atoms with Gasteiger partial charge in [-0.25, -0.2) is 4.98 Å². The van der Waals surface area contributed by atoms with Crippen LogP contribution in [0.15, 0.2) is 34.8 Å². The van der Waals surface area contributed by atoms with Crippen LogP contribution in [0.3, 0.4) is 0 Å². The van der Waals surface area contributed by atoms with Crippen molar-refractivity contribution in [2.45, 2.75) is 26.7 Å². The van der Waals surface area contributed by atoms with E-state index in [0.717, 1.165) is 11.1 Å². The normalized spacial score (nSPS) is 11.6. The first-order valence-electron chi connectivity index (χ1n) is 5.94. The van der Waals surface area contributed by atoms with Gasteiger partial charge in [0.05, 0.1) is 0 Å². The van der Waals surface area contributed by atoms with Crippen LogP contribution in [0.2, 0.25) is 0 Å². The highest BCUT2D eigenvalue weighted by atomic mass is 16.3. The van der Waals surface area contributed by atoms with Crippen LogP contribution in [0, 0.1) is 0 Å². The second-order valence-corrected chi connectivity index (χ2v) is 4.38. The van der Waals surface area contributed by atoms with E-state index in [4.69, 9.17) is 4.42 Å². The highest BCUT2D eigenvalue weighted by molar-refractivity contribution is 6.00. The van der Waals surface area contributed by atoms with Crippen LogP contribution in [-0.2, 0) is 4.79 Å². The number of fused-ring (bicyclic) bond motifs is 1. The van der Waals surface area contributed by atoms with E-state index in [9.17, 15) is 4.79 Å². The van der Waals surface area contributed by atoms with E-state index in [1.54, 1.807) is 19.1 Å². The molecular weight excluding hydrogens is 228 g/mol. The van der Waals surface area contributed by atoms with Crippen molar-refractivity contribution in [1.29, 1.82) is 0 Å². The summed E-state index contributed by atoms with van der Waals surface area (Å²) in [5, 5.41) is 2.77. The molecule has 18 heavy (non-hydrogen) atoms. The van der Waals surface area contributed by atoms with Gasteiger partial charge in [-0.15, -0.1) is 0 Å². The van der Waals surface area contributed by atoms with Crippen molar-refractivity contribution in [1.82, 2.24) is 4.98 Å². The van der Waals surface area contributed by atoms with Crippen molar-refractivity contribution in [3.8, 4) is 0 Å². The molecule has 2 rings (SSSR count). The average Bonchev–Trinajstić information content (AvgIpc) is 2.72. The molecular formula is C14H16N2O2. The zero-order valence-electron chi connectivity index (χ0n) is 10.7. The first kappa shape index (κ1) is 12.4. The largest absolute Gasteiger partial charge is 0.440 e. The third-order valence-corrected chi connectivity index (χ3v) is 2.48. The fourth-order valence-corrected chi connectivity index (χ4v) is 1.61. The van der Waals surface area contributed by atoms with Crippen molar-refractivity contribution < 1.29 is 9.21 Å². The number of nitrogens with one attached hydrogen (secondary N) is 1. The lowest BCUT2D eigenvalue weighted by molar-refractivity contribution is -0.111. The molecule has 0 saturated carbocycles. The van der Waals surface area contributed by atoms with E-state index in [0.29, 0.717) is 11.6 Å². The van der Waals surface area contributed by atoms with Crippen LogP contribution >= 0.6 is 0 Å². The van der Waals surface area contributed by atoms with Gasteiger partial charge in [0, 0.05) is 11.6 Å². The van der Waals surface area contributed by atoms with Crippen LogP contribution in [-0.4, -0.2) is 10.9 Å². The van der Waals surface area contributed by atoms with Gasteiger partial charge in [0.15, 0.2) is 11.5 Å². The molecule has 0 aliphatic rings. The molecule has 2 aromatic rings. The second-order valence-electron chi connectivity index (χ2n) is 4.38. The molecule has 0 bridgehead atoms. The molecule has 0 aliphatic carbocycles. The van der Waals surface area contributed by atoms with Crippen molar-refractivity contribution in [2.24, 2.45) is 0 Å². The van der Waals surface area contributed by atoms with Crippen LogP contribution in [0.5, 0.6) is 0 Å². The lowest BCUT2D eigenvalue weighted by atomic mass is 10.2. The molecule has 0 atom stereocenters. The molecule has 4 nitrogen and oxygen atoms in total. The summed E-state index contributed by atoms with van der Waals surface area (Å²) in [6.45, 7) is 5.86. The zero-order chi connectivity index (χ0) is 13.1. The minimum Gasteiger partial charge on any atom is -0.440 e. The van der Waals surface area contributed by atoms with Gasteiger partial charge in [-0.05, 0) is 31.2 Å². The first-order valence-corrected chi connectivity index (χ1v) is 5.94. The maximum atomic E-state index is 11.4. The van der Waals surface area contributed by atoms with Crippen molar-refractivity contribution in [2.75, 3.05) is 5.32 Å². The molecule has 0 radical (unpaired) electrons. The van der Waals surface area contributed by atoms with Gasteiger partial charge < -0.3 is 9.73 Å². The number of oxazole rings is 1. The maximum absolute atomic E-state index is 11.4. The number of anilines is 1. The topological polar surface area (TPSA) is 55.1 Å². The van der Waals surface area contributed by atoms with Crippen molar-refractivity contribution in [3.05, 3.63) is 36.2 Å². The standard InChI is InChI=1S/C14H16N2O2/c1-4-5-13(17)15-10-6-7-12-11(8-10)16-14(18-12)9(2)3/h4-9H,1-3H3,(H,15,17). The van der Waals surface area contributed by atoms with Gasteiger partial charge in [-0.2, -0.15) is 0 Å². The Morgan fingerprint density at radius 2 is 2.22 bits per heavy atom. The molecule has 0 saturated heterocycles. The summed E-state index contributed by atoms with van der Waals surface area (Å²) >= 11 is 0. The third-order valence-electron chi connectivity index (χ3n) is 2.48. The predicted octanol–water partition coefficient (Wildman–Crippen LogP) is 3.47. The van der Waals surface area contributed by atoms with Crippen molar-refractivity contribution in [3.63, 3.8) is 0 Å². The van der Waals surface area contributed by atoms with Crippen LogP contribution in [0.4, 0.5) is 5.69 Å². The monoisotopic (exact) mass is 244 g/mol. The van der Waals surface area contributed by atoms with E-state index in [1.807, 2.05) is 26.0 Å². The smallest absolute Gasteiger partial charge is 0.248 e. The average molecular weight is 244 g/mol. The molecule has 0 fully saturated rings. The van der Waals surface area contributed by atoms with Crippen molar-refractivity contribution >= 4 is 22.7 Å². The number of rotatable bonds is 3. The summed E-state index contributed by atoms with van der Waals surface area (Å²) < 4.78 is 5.60. The van der Waals surface area contributed by atoms with Crippen LogP contribution in [0.1, 0.15) is 32.6 Å². The highest BCUT2D eigenvalue weighted by Gasteiger charge is 2.09. The fourth-order valence-electron chi connectivity index (χ4n) is 1.61. The minimum absolute atomic E-state index is 0.149. The Bertz CT molecular complexity index is 597. The van der Waals surface area contributed by atoms with Gasteiger partial charge in [0.1, 0.15) is 5.52 Å². The number of benzene rings is 1. The van der Waals surface area contributed by atoms with Gasteiger partial charge in [-0.1, -0.05) is 19.9 Å². The Morgan fingerprint density at radius 3 is 2.89 bits per heavy atom. The van der Waals surface area contributed by atoms with Gasteiger partial charge in [0.25, 0.3) is 0 Å². The summed E-state index contributed by atoms with van der Waals surface area (Å²) in [7, 11) is 0. The number of nitrogens with zero attached hydrogens (tertiary/aromatic N) is 1. The molecule has 4 heteroatoms.